The lowest BCUT2D eigenvalue weighted by atomic mass is 9.85. The van der Waals surface area contributed by atoms with Crippen LogP contribution in [0.1, 0.15) is 41.6 Å². The van der Waals surface area contributed by atoms with E-state index in [1.807, 2.05) is 0 Å². The van der Waals surface area contributed by atoms with Gasteiger partial charge >= 0.3 is 5.97 Å². The van der Waals surface area contributed by atoms with E-state index in [0.29, 0.717) is 11.3 Å². The monoisotopic (exact) mass is 290 g/mol. The van der Waals surface area contributed by atoms with E-state index in [1.54, 1.807) is 25.1 Å². The minimum atomic E-state index is -0.400. The summed E-state index contributed by atoms with van der Waals surface area (Å²) in [7, 11) is 1.34. The van der Waals surface area contributed by atoms with Crippen molar-refractivity contribution in [3.05, 3.63) is 29.3 Å². The van der Waals surface area contributed by atoms with Crippen molar-refractivity contribution in [3.8, 4) is 0 Å². The molecule has 1 saturated carbocycles. The first-order valence-corrected chi connectivity index (χ1v) is 7.27. The third kappa shape index (κ3) is 3.61. The van der Waals surface area contributed by atoms with E-state index >= 15 is 0 Å². The average Bonchev–Trinajstić information content (AvgIpc) is 2.48. The zero-order chi connectivity index (χ0) is 15.4. The molecule has 5 nitrogen and oxygen atoms in total. The van der Waals surface area contributed by atoms with E-state index in [2.05, 4.69) is 5.32 Å². The molecule has 0 heterocycles. The first kappa shape index (κ1) is 15.5. The van der Waals surface area contributed by atoms with Crippen LogP contribution in [0.25, 0.3) is 0 Å². The van der Waals surface area contributed by atoms with Gasteiger partial charge in [-0.3, -0.25) is 4.79 Å². The maximum atomic E-state index is 12.3. The largest absolute Gasteiger partial charge is 0.465 e. The third-order valence-corrected chi connectivity index (χ3v) is 4.08. The Hall–Kier alpha value is -1.88. The molecule has 0 spiro atoms. The summed E-state index contributed by atoms with van der Waals surface area (Å²) in [5.74, 6) is -0.464. The van der Waals surface area contributed by atoms with Crippen molar-refractivity contribution >= 4 is 17.6 Å². The summed E-state index contributed by atoms with van der Waals surface area (Å²) in [6, 6.07) is 5.33. The fraction of sp³-hybridized carbons (Fsp3) is 0.500. The number of nitrogens with two attached hydrogens (primary N) is 1. The van der Waals surface area contributed by atoms with Crippen molar-refractivity contribution in [3.63, 3.8) is 0 Å². The van der Waals surface area contributed by atoms with Gasteiger partial charge in [0.15, 0.2) is 0 Å². The number of amides is 1. The number of hydrogen-bond donors (Lipinski definition) is 2. The van der Waals surface area contributed by atoms with E-state index in [9.17, 15) is 9.59 Å². The zero-order valence-electron chi connectivity index (χ0n) is 12.5. The summed E-state index contributed by atoms with van der Waals surface area (Å²) < 4.78 is 4.74. The predicted octanol–water partition coefficient (Wildman–Crippen LogP) is 2.24. The van der Waals surface area contributed by atoms with E-state index in [4.69, 9.17) is 10.5 Å². The Bertz CT molecular complexity index is 542. The standard InChI is InChI=1S/C16H22N2O3/c1-10-13(16(20)21-2)7-4-8-14(10)18-15(19)11-5-3-6-12(17)9-11/h4,7-8,11-12H,3,5-6,9,17H2,1-2H3,(H,18,19). The molecule has 0 aromatic heterocycles. The smallest absolute Gasteiger partial charge is 0.338 e. The van der Waals surface area contributed by atoms with Gasteiger partial charge in [0.2, 0.25) is 5.91 Å². The molecule has 114 valence electrons. The fourth-order valence-electron chi connectivity index (χ4n) is 2.80. The van der Waals surface area contributed by atoms with Crippen molar-refractivity contribution in [1.29, 1.82) is 0 Å². The average molecular weight is 290 g/mol. The molecule has 1 amide bonds. The van der Waals surface area contributed by atoms with Crippen LogP contribution in [0.5, 0.6) is 0 Å². The number of anilines is 1. The minimum absolute atomic E-state index is 0.0183. The van der Waals surface area contributed by atoms with Crippen LogP contribution in [0.15, 0.2) is 18.2 Å². The zero-order valence-corrected chi connectivity index (χ0v) is 12.5. The Morgan fingerprint density at radius 2 is 2.10 bits per heavy atom. The highest BCUT2D eigenvalue weighted by molar-refractivity contribution is 5.97. The molecule has 2 rings (SSSR count). The van der Waals surface area contributed by atoms with Gasteiger partial charge in [-0.1, -0.05) is 12.5 Å². The van der Waals surface area contributed by atoms with Gasteiger partial charge in [-0.25, -0.2) is 4.79 Å². The highest BCUT2D eigenvalue weighted by atomic mass is 16.5. The topological polar surface area (TPSA) is 81.4 Å². The molecular weight excluding hydrogens is 268 g/mol. The molecule has 21 heavy (non-hydrogen) atoms. The molecule has 2 atom stereocenters. The summed E-state index contributed by atoms with van der Waals surface area (Å²) in [5.41, 5.74) is 7.77. The third-order valence-electron chi connectivity index (χ3n) is 4.08. The summed E-state index contributed by atoms with van der Waals surface area (Å²) in [6.07, 6.45) is 3.57. The second kappa shape index (κ2) is 6.72. The van der Waals surface area contributed by atoms with Gasteiger partial charge in [-0.15, -0.1) is 0 Å². The lowest BCUT2D eigenvalue weighted by molar-refractivity contribution is -0.120. The van der Waals surface area contributed by atoms with Crippen LogP contribution < -0.4 is 11.1 Å². The van der Waals surface area contributed by atoms with Crippen LogP contribution in [0, 0.1) is 12.8 Å². The normalized spacial score (nSPS) is 21.7. The van der Waals surface area contributed by atoms with E-state index < -0.39 is 5.97 Å². The Labute approximate surface area is 124 Å². The van der Waals surface area contributed by atoms with Crippen LogP contribution in [-0.2, 0) is 9.53 Å². The van der Waals surface area contributed by atoms with Crippen molar-refractivity contribution in [2.75, 3.05) is 12.4 Å². The molecule has 0 saturated heterocycles. The van der Waals surface area contributed by atoms with Crippen LogP contribution in [0.4, 0.5) is 5.69 Å². The van der Waals surface area contributed by atoms with Crippen molar-refractivity contribution in [2.24, 2.45) is 11.7 Å². The Balaban J connectivity index is 2.12. The van der Waals surface area contributed by atoms with E-state index in [1.165, 1.54) is 7.11 Å². The van der Waals surface area contributed by atoms with Crippen LogP contribution >= 0.6 is 0 Å². The molecule has 1 aliphatic rings. The van der Waals surface area contributed by atoms with Gasteiger partial charge in [0, 0.05) is 17.6 Å². The SMILES string of the molecule is COC(=O)c1cccc(NC(=O)C2CCCC(N)C2)c1C. The number of ether oxygens (including phenoxy) is 1. The highest BCUT2D eigenvalue weighted by Crippen LogP contribution is 2.26. The van der Waals surface area contributed by atoms with Gasteiger partial charge < -0.3 is 15.8 Å². The maximum absolute atomic E-state index is 12.3. The van der Waals surface area contributed by atoms with E-state index in [0.717, 1.165) is 31.2 Å². The van der Waals surface area contributed by atoms with E-state index in [-0.39, 0.29) is 17.9 Å². The lowest BCUT2D eigenvalue weighted by Crippen LogP contribution is -2.34. The molecule has 1 fully saturated rings. The minimum Gasteiger partial charge on any atom is -0.465 e. The molecule has 3 N–H and O–H groups in total. The number of rotatable bonds is 3. The second-order valence-electron chi connectivity index (χ2n) is 5.58. The Morgan fingerprint density at radius 1 is 1.33 bits per heavy atom. The first-order chi connectivity index (χ1) is 10.0. The summed E-state index contributed by atoms with van der Waals surface area (Å²) in [4.78, 5) is 24.0. The number of esters is 1. The van der Waals surface area contributed by atoms with Crippen LogP contribution in [0.3, 0.4) is 0 Å². The van der Waals surface area contributed by atoms with Crippen LogP contribution in [0.2, 0.25) is 0 Å². The van der Waals surface area contributed by atoms with Gasteiger partial charge in [-0.05, 0) is 43.9 Å². The van der Waals surface area contributed by atoms with Gasteiger partial charge in [-0.2, -0.15) is 0 Å². The number of nitrogens with one attached hydrogen (secondary N) is 1. The Kier molecular flexibility index (Phi) is 4.96. The van der Waals surface area contributed by atoms with Crippen LogP contribution in [-0.4, -0.2) is 25.0 Å². The summed E-state index contributed by atoms with van der Waals surface area (Å²) in [5, 5.41) is 2.92. The second-order valence-corrected chi connectivity index (χ2v) is 5.58. The van der Waals surface area contributed by atoms with Crippen molar-refractivity contribution < 1.29 is 14.3 Å². The highest BCUT2D eigenvalue weighted by Gasteiger charge is 2.26. The van der Waals surface area contributed by atoms with Gasteiger partial charge in [0.1, 0.15) is 0 Å². The molecule has 2 unspecified atom stereocenters. The fourth-order valence-corrected chi connectivity index (χ4v) is 2.80. The van der Waals surface area contributed by atoms with Gasteiger partial charge in [0.25, 0.3) is 0 Å². The molecule has 0 bridgehead atoms. The Morgan fingerprint density at radius 3 is 2.76 bits per heavy atom. The molecular formula is C16H22N2O3. The maximum Gasteiger partial charge on any atom is 0.338 e. The predicted molar refractivity (Wildman–Crippen MR) is 81.1 cm³/mol. The molecule has 5 heteroatoms. The molecule has 0 radical (unpaired) electrons. The van der Waals surface area contributed by atoms with Gasteiger partial charge in [0.05, 0.1) is 12.7 Å². The number of benzene rings is 1. The quantitative estimate of drug-likeness (QED) is 0.836. The lowest BCUT2D eigenvalue weighted by Gasteiger charge is -2.26. The summed E-state index contributed by atoms with van der Waals surface area (Å²) >= 11 is 0. The molecule has 1 aliphatic carbocycles. The molecule has 0 aliphatic heterocycles. The number of methoxy groups -OCH3 is 1. The number of carbonyl (C=O) groups excluding carboxylic acids is 2. The first-order valence-electron chi connectivity index (χ1n) is 7.27. The summed E-state index contributed by atoms with van der Waals surface area (Å²) in [6.45, 7) is 1.80. The number of carbonyl (C=O) groups is 2. The molecule has 1 aromatic rings. The number of hydrogen-bond acceptors (Lipinski definition) is 4. The van der Waals surface area contributed by atoms with Crippen molar-refractivity contribution in [2.45, 2.75) is 38.6 Å². The molecule has 1 aromatic carbocycles. The van der Waals surface area contributed by atoms with Crippen molar-refractivity contribution in [1.82, 2.24) is 0 Å².